The van der Waals surface area contributed by atoms with Gasteiger partial charge in [0.2, 0.25) is 0 Å². The quantitative estimate of drug-likeness (QED) is 0.517. The molecule has 0 saturated heterocycles. The molecule has 0 spiro atoms. The molecule has 0 N–H and O–H groups in total. The number of benzene rings is 2. The Morgan fingerprint density at radius 3 is 2.80 bits per heavy atom. The minimum absolute atomic E-state index is 0.755. The van der Waals surface area contributed by atoms with Gasteiger partial charge in [0, 0.05) is 19.8 Å². The molecular weight excluding hydrogens is 222 g/mol. The van der Waals surface area contributed by atoms with E-state index in [4.69, 9.17) is 19.4 Å². The van der Waals surface area contributed by atoms with Crippen LogP contribution in [0.1, 0.15) is 0 Å². The Labute approximate surface area is 97.9 Å². The SMILES string of the molecule is [B]c1cccc2sc3ccc(Cl)cc3c12. The van der Waals surface area contributed by atoms with Gasteiger partial charge < -0.3 is 0 Å². The fourth-order valence-electron chi connectivity index (χ4n) is 1.83. The molecule has 0 amide bonds. The van der Waals surface area contributed by atoms with Crippen molar-refractivity contribution in [3.8, 4) is 0 Å². The predicted molar refractivity (Wildman–Crippen MR) is 69.7 cm³/mol. The Morgan fingerprint density at radius 1 is 1.07 bits per heavy atom. The zero-order chi connectivity index (χ0) is 10.4. The molecular formula is C12H6BClS. The fraction of sp³-hybridized carbons (Fsp3) is 0. The number of rotatable bonds is 0. The standard InChI is InChI=1S/C12H6BClS/c13-9-2-1-3-11-12(9)8-6-7(14)4-5-10(8)15-11/h1-6H. The van der Waals surface area contributed by atoms with Crippen LogP contribution < -0.4 is 5.46 Å². The Kier molecular flexibility index (Phi) is 2.01. The van der Waals surface area contributed by atoms with Gasteiger partial charge >= 0.3 is 0 Å². The van der Waals surface area contributed by atoms with Crippen LogP contribution in [0.5, 0.6) is 0 Å². The summed E-state index contributed by atoms with van der Waals surface area (Å²) in [5, 5.41) is 3.03. The van der Waals surface area contributed by atoms with E-state index in [1.807, 2.05) is 30.3 Å². The molecule has 2 radical (unpaired) electrons. The molecule has 0 fully saturated rings. The van der Waals surface area contributed by atoms with E-state index in [0.29, 0.717) is 0 Å². The summed E-state index contributed by atoms with van der Waals surface area (Å²) in [4.78, 5) is 0. The van der Waals surface area contributed by atoms with E-state index < -0.39 is 0 Å². The van der Waals surface area contributed by atoms with E-state index in [0.717, 1.165) is 21.3 Å². The van der Waals surface area contributed by atoms with Crippen molar-refractivity contribution in [3.63, 3.8) is 0 Å². The van der Waals surface area contributed by atoms with E-state index in [1.54, 1.807) is 11.3 Å². The third-order valence-corrected chi connectivity index (χ3v) is 3.86. The van der Waals surface area contributed by atoms with Crippen LogP contribution in [0.15, 0.2) is 36.4 Å². The van der Waals surface area contributed by atoms with Crippen LogP contribution >= 0.6 is 22.9 Å². The Morgan fingerprint density at radius 2 is 1.93 bits per heavy atom. The average molecular weight is 229 g/mol. The van der Waals surface area contributed by atoms with Gasteiger partial charge in [-0.05, 0) is 29.7 Å². The van der Waals surface area contributed by atoms with Gasteiger partial charge in [0.25, 0.3) is 0 Å². The summed E-state index contributed by atoms with van der Waals surface area (Å²) in [6.45, 7) is 0. The first kappa shape index (κ1) is 9.26. The molecule has 0 aliphatic rings. The third-order valence-electron chi connectivity index (χ3n) is 2.49. The molecule has 0 aliphatic heterocycles. The monoisotopic (exact) mass is 228 g/mol. The van der Waals surface area contributed by atoms with Crippen molar-refractivity contribution in [1.29, 1.82) is 0 Å². The van der Waals surface area contributed by atoms with Crippen LogP contribution in [0.2, 0.25) is 5.02 Å². The third kappa shape index (κ3) is 1.36. The van der Waals surface area contributed by atoms with Crippen LogP contribution in [0.3, 0.4) is 0 Å². The minimum Gasteiger partial charge on any atom is -0.135 e. The largest absolute Gasteiger partial charge is 0.135 e. The molecule has 0 bridgehead atoms. The van der Waals surface area contributed by atoms with Crippen LogP contribution in [0, 0.1) is 0 Å². The molecule has 1 aromatic heterocycles. The minimum atomic E-state index is 0.755. The maximum atomic E-state index is 5.99. The van der Waals surface area contributed by atoms with Crippen LogP contribution in [0.4, 0.5) is 0 Å². The van der Waals surface area contributed by atoms with E-state index in [2.05, 4.69) is 6.07 Å². The fourth-order valence-corrected chi connectivity index (χ4v) is 3.12. The molecule has 0 atom stereocenters. The maximum absolute atomic E-state index is 5.99. The summed E-state index contributed by atoms with van der Waals surface area (Å²) in [7, 11) is 5.98. The van der Waals surface area contributed by atoms with Crippen LogP contribution in [0.25, 0.3) is 20.2 Å². The van der Waals surface area contributed by atoms with Gasteiger partial charge in [-0.1, -0.05) is 29.2 Å². The van der Waals surface area contributed by atoms with Gasteiger partial charge in [-0.3, -0.25) is 0 Å². The molecule has 70 valence electrons. The number of thiophene rings is 1. The first-order valence-electron chi connectivity index (χ1n) is 4.62. The molecule has 3 aromatic rings. The summed E-state index contributed by atoms with van der Waals surface area (Å²) in [6.07, 6.45) is 0. The number of fused-ring (bicyclic) bond motifs is 3. The summed E-state index contributed by atoms with van der Waals surface area (Å²) in [5.41, 5.74) is 0.820. The maximum Gasteiger partial charge on any atom is 0.114 e. The molecule has 2 aromatic carbocycles. The van der Waals surface area contributed by atoms with Crippen LogP contribution in [-0.2, 0) is 0 Å². The van der Waals surface area contributed by atoms with Gasteiger partial charge in [0.05, 0.1) is 0 Å². The molecule has 0 saturated carbocycles. The van der Waals surface area contributed by atoms with Gasteiger partial charge in [0.1, 0.15) is 7.85 Å². The van der Waals surface area contributed by atoms with E-state index in [1.165, 1.54) is 9.40 Å². The zero-order valence-corrected chi connectivity index (χ0v) is 9.40. The highest BCUT2D eigenvalue weighted by molar-refractivity contribution is 7.26. The van der Waals surface area contributed by atoms with Gasteiger partial charge in [0.15, 0.2) is 0 Å². The number of hydrogen-bond acceptors (Lipinski definition) is 1. The van der Waals surface area contributed by atoms with Crippen molar-refractivity contribution in [2.45, 2.75) is 0 Å². The predicted octanol–water partition coefficient (Wildman–Crippen LogP) is 3.50. The van der Waals surface area contributed by atoms with Crippen LogP contribution in [-0.4, -0.2) is 7.85 Å². The van der Waals surface area contributed by atoms with E-state index in [-0.39, 0.29) is 0 Å². The lowest BCUT2D eigenvalue weighted by Crippen LogP contribution is -2.00. The number of hydrogen-bond donors (Lipinski definition) is 0. The lowest BCUT2D eigenvalue weighted by molar-refractivity contribution is 1.85. The Bertz CT molecular complexity index is 657. The van der Waals surface area contributed by atoms with Crippen molar-refractivity contribution in [2.24, 2.45) is 0 Å². The summed E-state index contributed by atoms with van der Waals surface area (Å²) in [6, 6.07) is 11.9. The number of halogens is 1. The summed E-state index contributed by atoms with van der Waals surface area (Å²) in [5.74, 6) is 0. The molecule has 3 rings (SSSR count). The van der Waals surface area contributed by atoms with Gasteiger partial charge in [-0.25, -0.2) is 0 Å². The second-order valence-corrected chi connectivity index (χ2v) is 4.98. The second-order valence-electron chi connectivity index (χ2n) is 3.46. The molecule has 1 heterocycles. The van der Waals surface area contributed by atoms with Crippen molar-refractivity contribution < 1.29 is 0 Å². The van der Waals surface area contributed by atoms with E-state index in [9.17, 15) is 0 Å². The van der Waals surface area contributed by atoms with Gasteiger partial charge in [-0.2, -0.15) is 0 Å². The molecule has 0 aliphatic carbocycles. The van der Waals surface area contributed by atoms with Crippen molar-refractivity contribution in [2.75, 3.05) is 0 Å². The molecule has 0 unspecified atom stereocenters. The van der Waals surface area contributed by atoms with Gasteiger partial charge in [-0.15, -0.1) is 11.3 Å². The van der Waals surface area contributed by atoms with E-state index >= 15 is 0 Å². The second kappa shape index (κ2) is 3.26. The Hall–Kier alpha value is -0.985. The van der Waals surface area contributed by atoms with Crippen molar-refractivity contribution in [1.82, 2.24) is 0 Å². The van der Waals surface area contributed by atoms with Crippen molar-refractivity contribution in [3.05, 3.63) is 41.4 Å². The Balaban J connectivity index is 2.61. The molecule has 3 heteroatoms. The molecule has 15 heavy (non-hydrogen) atoms. The highest BCUT2D eigenvalue weighted by Crippen LogP contribution is 2.33. The van der Waals surface area contributed by atoms with Crippen molar-refractivity contribution >= 4 is 56.4 Å². The summed E-state index contributed by atoms with van der Waals surface area (Å²) < 4.78 is 2.44. The highest BCUT2D eigenvalue weighted by atomic mass is 35.5. The summed E-state index contributed by atoms with van der Waals surface area (Å²) >= 11 is 7.74. The lowest BCUT2D eigenvalue weighted by Gasteiger charge is -1.97. The normalized spacial score (nSPS) is 11.3. The lowest BCUT2D eigenvalue weighted by atomic mass is 9.91. The molecule has 0 nitrogen and oxygen atoms in total. The first-order valence-corrected chi connectivity index (χ1v) is 5.81. The smallest absolute Gasteiger partial charge is 0.114 e. The topological polar surface area (TPSA) is 0 Å². The zero-order valence-electron chi connectivity index (χ0n) is 7.83. The average Bonchev–Trinajstić information content (AvgIpc) is 2.57. The highest BCUT2D eigenvalue weighted by Gasteiger charge is 2.06. The first-order chi connectivity index (χ1) is 7.25.